The van der Waals surface area contributed by atoms with Crippen molar-refractivity contribution in [3.8, 4) is 0 Å². The van der Waals surface area contributed by atoms with Gasteiger partial charge in [-0.3, -0.25) is 14.6 Å². The molecule has 0 bridgehead atoms. The molecule has 22 heavy (non-hydrogen) atoms. The summed E-state index contributed by atoms with van der Waals surface area (Å²) in [4.78, 5) is 29.3. The van der Waals surface area contributed by atoms with E-state index < -0.39 is 5.91 Å². The molecule has 7 heteroatoms. The van der Waals surface area contributed by atoms with Gasteiger partial charge in [0.05, 0.1) is 18.7 Å². The summed E-state index contributed by atoms with van der Waals surface area (Å²) in [6.45, 7) is 1.51. The summed E-state index contributed by atoms with van der Waals surface area (Å²) >= 11 is 1.60. The second-order valence-electron chi connectivity index (χ2n) is 4.96. The van der Waals surface area contributed by atoms with Gasteiger partial charge in [0, 0.05) is 12.7 Å². The largest absolute Gasteiger partial charge is 0.370 e. The molecule has 2 aromatic rings. The first-order valence-corrected chi connectivity index (χ1v) is 7.78. The highest BCUT2D eigenvalue weighted by Crippen LogP contribution is 2.24. The Morgan fingerprint density at radius 3 is 2.86 bits per heavy atom. The SMILES string of the molecule is NC(=O)c1ccc(C(=O)N2CCOC(c3ccsc3)C2)nc1. The Morgan fingerprint density at radius 2 is 2.23 bits per heavy atom. The molecule has 0 spiro atoms. The lowest BCUT2D eigenvalue weighted by atomic mass is 10.1. The summed E-state index contributed by atoms with van der Waals surface area (Å²) in [7, 11) is 0. The number of nitrogens with two attached hydrogens (primary N) is 1. The molecule has 2 aromatic heterocycles. The van der Waals surface area contributed by atoms with E-state index in [1.165, 1.54) is 18.3 Å². The van der Waals surface area contributed by atoms with Gasteiger partial charge in [-0.05, 0) is 34.5 Å². The number of nitrogens with zero attached hydrogens (tertiary/aromatic N) is 2. The molecule has 3 heterocycles. The van der Waals surface area contributed by atoms with E-state index in [9.17, 15) is 9.59 Å². The maximum Gasteiger partial charge on any atom is 0.272 e. The number of amides is 2. The van der Waals surface area contributed by atoms with E-state index >= 15 is 0 Å². The molecule has 0 aliphatic carbocycles. The average molecular weight is 317 g/mol. The zero-order valence-corrected chi connectivity index (χ0v) is 12.6. The van der Waals surface area contributed by atoms with Crippen LogP contribution in [-0.2, 0) is 4.74 Å². The third-order valence-electron chi connectivity index (χ3n) is 3.54. The first-order valence-electron chi connectivity index (χ1n) is 6.84. The Balaban J connectivity index is 1.72. The number of carbonyl (C=O) groups is 2. The number of primary amides is 1. The van der Waals surface area contributed by atoms with Crippen LogP contribution in [0.3, 0.4) is 0 Å². The van der Waals surface area contributed by atoms with E-state index in [0.29, 0.717) is 25.4 Å². The number of thiophene rings is 1. The van der Waals surface area contributed by atoms with Crippen LogP contribution in [0.1, 0.15) is 32.5 Å². The Labute approximate surface area is 131 Å². The summed E-state index contributed by atoms with van der Waals surface area (Å²) in [6, 6.07) is 5.04. The molecule has 0 radical (unpaired) electrons. The quantitative estimate of drug-likeness (QED) is 0.928. The molecule has 1 aliphatic rings. The van der Waals surface area contributed by atoms with Crippen LogP contribution in [0.2, 0.25) is 0 Å². The number of aromatic nitrogens is 1. The van der Waals surface area contributed by atoms with Crippen LogP contribution in [0, 0.1) is 0 Å². The van der Waals surface area contributed by atoms with Crippen LogP contribution < -0.4 is 5.73 Å². The van der Waals surface area contributed by atoms with Gasteiger partial charge in [0.25, 0.3) is 5.91 Å². The second kappa shape index (κ2) is 6.25. The maximum atomic E-state index is 12.5. The van der Waals surface area contributed by atoms with Crippen molar-refractivity contribution >= 4 is 23.2 Å². The third-order valence-corrected chi connectivity index (χ3v) is 4.24. The van der Waals surface area contributed by atoms with Gasteiger partial charge in [0.2, 0.25) is 5.91 Å². The van der Waals surface area contributed by atoms with Gasteiger partial charge in [-0.25, -0.2) is 0 Å². The lowest BCUT2D eigenvalue weighted by Crippen LogP contribution is -2.42. The third kappa shape index (κ3) is 3.00. The lowest BCUT2D eigenvalue weighted by molar-refractivity contribution is -0.0228. The monoisotopic (exact) mass is 317 g/mol. The smallest absolute Gasteiger partial charge is 0.272 e. The highest BCUT2D eigenvalue weighted by atomic mass is 32.1. The van der Waals surface area contributed by atoms with Crippen molar-refractivity contribution in [2.45, 2.75) is 6.10 Å². The van der Waals surface area contributed by atoms with Crippen LogP contribution in [0.5, 0.6) is 0 Å². The van der Waals surface area contributed by atoms with Crippen LogP contribution in [0.15, 0.2) is 35.2 Å². The second-order valence-corrected chi connectivity index (χ2v) is 5.74. The van der Waals surface area contributed by atoms with E-state index in [4.69, 9.17) is 10.5 Å². The standard InChI is InChI=1S/C15H15N3O3S/c16-14(19)10-1-2-12(17-7-10)15(20)18-4-5-21-13(8-18)11-3-6-22-9-11/h1-3,6-7,9,13H,4-5,8H2,(H2,16,19). The number of hydrogen-bond acceptors (Lipinski definition) is 5. The Bertz CT molecular complexity index is 670. The number of carbonyl (C=O) groups excluding carboxylic acids is 2. The van der Waals surface area contributed by atoms with Crippen LogP contribution >= 0.6 is 11.3 Å². The number of ether oxygens (including phenoxy) is 1. The lowest BCUT2D eigenvalue weighted by Gasteiger charge is -2.32. The van der Waals surface area contributed by atoms with E-state index in [-0.39, 0.29) is 17.6 Å². The minimum atomic E-state index is -0.560. The van der Waals surface area contributed by atoms with Crippen LogP contribution in [-0.4, -0.2) is 41.4 Å². The van der Waals surface area contributed by atoms with E-state index in [1.54, 1.807) is 16.2 Å². The van der Waals surface area contributed by atoms with Gasteiger partial charge in [0.15, 0.2) is 0 Å². The van der Waals surface area contributed by atoms with E-state index in [0.717, 1.165) is 5.56 Å². The predicted molar refractivity (Wildman–Crippen MR) is 81.7 cm³/mol. The van der Waals surface area contributed by atoms with Gasteiger partial charge in [-0.2, -0.15) is 11.3 Å². The molecule has 2 amide bonds. The Morgan fingerprint density at radius 1 is 1.36 bits per heavy atom. The van der Waals surface area contributed by atoms with Gasteiger partial charge in [-0.15, -0.1) is 0 Å². The number of hydrogen-bond donors (Lipinski definition) is 1. The minimum absolute atomic E-state index is 0.103. The molecular weight excluding hydrogens is 302 g/mol. The van der Waals surface area contributed by atoms with Crippen molar-refractivity contribution in [3.05, 3.63) is 52.0 Å². The van der Waals surface area contributed by atoms with Crippen molar-refractivity contribution in [2.24, 2.45) is 5.73 Å². The molecular formula is C15H15N3O3S. The molecule has 0 saturated carbocycles. The molecule has 3 rings (SSSR count). The minimum Gasteiger partial charge on any atom is -0.370 e. The molecule has 1 unspecified atom stereocenters. The summed E-state index contributed by atoms with van der Waals surface area (Å²) in [6.07, 6.45) is 1.22. The predicted octanol–water partition coefficient (Wildman–Crippen LogP) is 1.46. The molecule has 1 aliphatic heterocycles. The van der Waals surface area contributed by atoms with Gasteiger partial charge >= 0.3 is 0 Å². The molecule has 1 fully saturated rings. The summed E-state index contributed by atoms with van der Waals surface area (Å²) in [5.74, 6) is -0.727. The zero-order chi connectivity index (χ0) is 15.5. The normalized spacial score (nSPS) is 18.2. The van der Waals surface area contributed by atoms with Crippen LogP contribution in [0.25, 0.3) is 0 Å². The first kappa shape index (κ1) is 14.7. The van der Waals surface area contributed by atoms with Crippen molar-refractivity contribution in [1.29, 1.82) is 0 Å². The van der Waals surface area contributed by atoms with Crippen molar-refractivity contribution in [2.75, 3.05) is 19.7 Å². The van der Waals surface area contributed by atoms with Gasteiger partial charge in [0.1, 0.15) is 11.8 Å². The molecule has 1 atom stereocenters. The first-order chi connectivity index (χ1) is 10.6. The van der Waals surface area contributed by atoms with Crippen molar-refractivity contribution in [1.82, 2.24) is 9.88 Å². The number of morpholine rings is 1. The number of pyridine rings is 1. The Kier molecular flexibility index (Phi) is 4.17. The van der Waals surface area contributed by atoms with Gasteiger partial charge in [-0.1, -0.05) is 0 Å². The zero-order valence-electron chi connectivity index (χ0n) is 11.8. The summed E-state index contributed by atoms with van der Waals surface area (Å²) in [5.41, 5.74) is 6.84. The fourth-order valence-electron chi connectivity index (χ4n) is 2.32. The van der Waals surface area contributed by atoms with Crippen molar-refractivity contribution in [3.63, 3.8) is 0 Å². The fraction of sp³-hybridized carbons (Fsp3) is 0.267. The number of rotatable bonds is 3. The highest BCUT2D eigenvalue weighted by molar-refractivity contribution is 7.07. The van der Waals surface area contributed by atoms with E-state index in [1.807, 2.05) is 16.8 Å². The molecule has 2 N–H and O–H groups in total. The van der Waals surface area contributed by atoms with Crippen molar-refractivity contribution < 1.29 is 14.3 Å². The molecule has 114 valence electrons. The van der Waals surface area contributed by atoms with E-state index in [2.05, 4.69) is 4.98 Å². The topological polar surface area (TPSA) is 85.5 Å². The Hall–Kier alpha value is -2.25. The maximum absolute atomic E-state index is 12.5. The van der Waals surface area contributed by atoms with Crippen LogP contribution in [0.4, 0.5) is 0 Å². The highest BCUT2D eigenvalue weighted by Gasteiger charge is 2.27. The summed E-state index contributed by atoms with van der Waals surface area (Å²) in [5, 5.41) is 4.02. The molecule has 0 aromatic carbocycles. The fourth-order valence-corrected chi connectivity index (χ4v) is 3.02. The molecule has 6 nitrogen and oxygen atoms in total. The average Bonchev–Trinajstić information content (AvgIpc) is 3.09. The van der Waals surface area contributed by atoms with Gasteiger partial charge < -0.3 is 15.4 Å². The summed E-state index contributed by atoms with van der Waals surface area (Å²) < 4.78 is 5.72. The molecule has 1 saturated heterocycles.